The number of carbonyl (C=O) groups excluding carboxylic acids is 1. The summed E-state index contributed by atoms with van der Waals surface area (Å²) >= 11 is 6.12. The van der Waals surface area contributed by atoms with Crippen LogP contribution in [-0.2, 0) is 0 Å². The van der Waals surface area contributed by atoms with Gasteiger partial charge in [-0.25, -0.2) is 0 Å². The van der Waals surface area contributed by atoms with Crippen LogP contribution >= 0.6 is 11.6 Å². The third kappa shape index (κ3) is 3.63. The molecule has 0 heterocycles. The van der Waals surface area contributed by atoms with Crippen LogP contribution in [0.4, 0.5) is 0 Å². The summed E-state index contributed by atoms with van der Waals surface area (Å²) in [7, 11) is 0. The minimum absolute atomic E-state index is 0.147. The molecule has 1 unspecified atom stereocenters. The molecular formula is C17H18ClNO2. The number of aryl methyl sites for hydroxylation is 2. The summed E-state index contributed by atoms with van der Waals surface area (Å²) in [6.45, 7) is 3.92. The summed E-state index contributed by atoms with van der Waals surface area (Å²) < 4.78 is 0. The maximum Gasteiger partial charge on any atom is 0.252 e. The lowest BCUT2D eigenvalue weighted by Crippen LogP contribution is -2.29. The molecule has 2 N–H and O–H groups in total. The van der Waals surface area contributed by atoms with E-state index in [4.69, 9.17) is 11.6 Å². The number of carbonyl (C=O) groups is 1. The highest BCUT2D eigenvalue weighted by Crippen LogP contribution is 2.21. The van der Waals surface area contributed by atoms with E-state index in [9.17, 15) is 9.90 Å². The Kier molecular flexibility index (Phi) is 4.99. The van der Waals surface area contributed by atoms with Gasteiger partial charge in [-0.1, -0.05) is 48.0 Å². The minimum atomic E-state index is -0.737. The number of nitrogens with one attached hydrogen (secondary N) is 1. The fraction of sp³-hybridized carbons (Fsp3) is 0.235. The van der Waals surface area contributed by atoms with Gasteiger partial charge in [0.1, 0.15) is 0 Å². The second-order valence-corrected chi connectivity index (χ2v) is 5.40. The first-order valence-electron chi connectivity index (χ1n) is 6.77. The lowest BCUT2D eigenvalue weighted by atomic mass is 10.0. The van der Waals surface area contributed by atoms with Crippen molar-refractivity contribution >= 4 is 17.5 Å². The van der Waals surface area contributed by atoms with Gasteiger partial charge in [-0.15, -0.1) is 0 Å². The quantitative estimate of drug-likeness (QED) is 0.909. The largest absolute Gasteiger partial charge is 0.387 e. The molecule has 0 spiro atoms. The van der Waals surface area contributed by atoms with E-state index in [1.807, 2.05) is 44.2 Å². The molecule has 1 atom stereocenters. The fourth-order valence-electron chi connectivity index (χ4n) is 2.18. The Morgan fingerprint density at radius 2 is 1.81 bits per heavy atom. The average Bonchev–Trinajstić information content (AvgIpc) is 2.47. The first-order valence-corrected chi connectivity index (χ1v) is 7.15. The van der Waals surface area contributed by atoms with E-state index in [0.29, 0.717) is 10.6 Å². The summed E-state index contributed by atoms with van der Waals surface area (Å²) in [4.78, 5) is 12.1. The number of halogens is 1. The summed E-state index contributed by atoms with van der Waals surface area (Å²) in [5, 5.41) is 13.3. The Morgan fingerprint density at radius 3 is 2.52 bits per heavy atom. The number of aliphatic hydroxyl groups excluding tert-OH is 1. The second kappa shape index (κ2) is 6.74. The van der Waals surface area contributed by atoms with E-state index in [1.165, 1.54) is 0 Å². The highest BCUT2D eigenvalue weighted by molar-refractivity contribution is 6.34. The van der Waals surface area contributed by atoms with E-state index in [0.717, 1.165) is 16.7 Å². The monoisotopic (exact) mass is 303 g/mol. The third-order valence-electron chi connectivity index (χ3n) is 3.44. The SMILES string of the molecule is Cc1ccccc1C(O)CNC(=O)c1cccc(C)c1Cl. The van der Waals surface area contributed by atoms with Gasteiger partial charge in [-0.05, 0) is 36.6 Å². The van der Waals surface area contributed by atoms with Crippen molar-refractivity contribution in [2.24, 2.45) is 0 Å². The zero-order valence-electron chi connectivity index (χ0n) is 12.1. The maximum atomic E-state index is 12.1. The maximum absolute atomic E-state index is 12.1. The van der Waals surface area contributed by atoms with E-state index in [2.05, 4.69) is 5.32 Å². The van der Waals surface area contributed by atoms with Gasteiger partial charge in [-0.2, -0.15) is 0 Å². The molecule has 2 rings (SSSR count). The molecular weight excluding hydrogens is 286 g/mol. The first kappa shape index (κ1) is 15.5. The van der Waals surface area contributed by atoms with E-state index in [1.54, 1.807) is 12.1 Å². The van der Waals surface area contributed by atoms with Crippen molar-refractivity contribution in [3.63, 3.8) is 0 Å². The zero-order valence-corrected chi connectivity index (χ0v) is 12.8. The predicted octanol–water partition coefficient (Wildman–Crippen LogP) is 3.42. The van der Waals surface area contributed by atoms with Gasteiger partial charge >= 0.3 is 0 Å². The molecule has 0 aliphatic rings. The van der Waals surface area contributed by atoms with Crippen LogP contribution in [0.3, 0.4) is 0 Å². The fourth-order valence-corrected chi connectivity index (χ4v) is 2.39. The molecule has 4 heteroatoms. The normalized spacial score (nSPS) is 12.0. The Morgan fingerprint density at radius 1 is 1.14 bits per heavy atom. The topological polar surface area (TPSA) is 49.3 Å². The molecule has 21 heavy (non-hydrogen) atoms. The number of hydrogen-bond donors (Lipinski definition) is 2. The van der Waals surface area contributed by atoms with Gasteiger partial charge in [0.2, 0.25) is 0 Å². The molecule has 0 aromatic heterocycles. The van der Waals surface area contributed by atoms with Crippen LogP contribution in [-0.4, -0.2) is 17.6 Å². The lowest BCUT2D eigenvalue weighted by Gasteiger charge is -2.15. The van der Waals surface area contributed by atoms with Crippen molar-refractivity contribution in [3.8, 4) is 0 Å². The van der Waals surface area contributed by atoms with Crippen molar-refractivity contribution in [2.75, 3.05) is 6.54 Å². The smallest absolute Gasteiger partial charge is 0.252 e. The van der Waals surface area contributed by atoms with Crippen molar-refractivity contribution in [1.29, 1.82) is 0 Å². The highest BCUT2D eigenvalue weighted by Gasteiger charge is 2.15. The highest BCUT2D eigenvalue weighted by atomic mass is 35.5. The zero-order chi connectivity index (χ0) is 15.4. The molecule has 0 aliphatic heterocycles. The number of amides is 1. The number of aliphatic hydroxyl groups is 1. The molecule has 0 fully saturated rings. The van der Waals surface area contributed by atoms with Gasteiger partial charge in [0.15, 0.2) is 0 Å². The first-order chi connectivity index (χ1) is 10.0. The van der Waals surface area contributed by atoms with E-state index < -0.39 is 6.10 Å². The van der Waals surface area contributed by atoms with Crippen LogP contribution in [0.25, 0.3) is 0 Å². The molecule has 0 radical (unpaired) electrons. The molecule has 1 amide bonds. The number of rotatable bonds is 4. The van der Waals surface area contributed by atoms with Crippen LogP contribution in [0.15, 0.2) is 42.5 Å². The summed E-state index contributed by atoms with van der Waals surface area (Å²) in [5.74, 6) is -0.281. The Bertz CT molecular complexity index is 655. The van der Waals surface area contributed by atoms with Gasteiger partial charge in [-0.3, -0.25) is 4.79 Å². The molecule has 2 aromatic rings. The minimum Gasteiger partial charge on any atom is -0.387 e. The summed E-state index contributed by atoms with van der Waals surface area (Å²) in [6, 6.07) is 12.9. The van der Waals surface area contributed by atoms with Gasteiger partial charge in [0.25, 0.3) is 5.91 Å². The molecule has 3 nitrogen and oxygen atoms in total. The summed E-state index contributed by atoms with van der Waals surface area (Å²) in [6.07, 6.45) is -0.737. The lowest BCUT2D eigenvalue weighted by molar-refractivity contribution is 0.0916. The van der Waals surface area contributed by atoms with Crippen LogP contribution in [0, 0.1) is 13.8 Å². The van der Waals surface area contributed by atoms with Crippen LogP contribution < -0.4 is 5.32 Å². The second-order valence-electron chi connectivity index (χ2n) is 5.02. The molecule has 0 bridgehead atoms. The van der Waals surface area contributed by atoms with Crippen LogP contribution in [0.5, 0.6) is 0 Å². The molecule has 0 aliphatic carbocycles. The number of benzene rings is 2. The molecule has 0 saturated heterocycles. The average molecular weight is 304 g/mol. The van der Waals surface area contributed by atoms with E-state index >= 15 is 0 Å². The molecule has 0 saturated carbocycles. The van der Waals surface area contributed by atoms with Gasteiger partial charge < -0.3 is 10.4 Å². The van der Waals surface area contributed by atoms with Gasteiger partial charge in [0.05, 0.1) is 16.7 Å². The van der Waals surface area contributed by atoms with Crippen LogP contribution in [0.1, 0.15) is 33.2 Å². The Balaban J connectivity index is 2.04. The van der Waals surface area contributed by atoms with Crippen molar-refractivity contribution in [2.45, 2.75) is 20.0 Å². The standard InChI is InChI=1S/C17H18ClNO2/c1-11-6-3-4-8-13(11)15(20)10-19-17(21)14-9-5-7-12(2)16(14)18/h3-9,15,20H,10H2,1-2H3,(H,19,21). The number of hydrogen-bond acceptors (Lipinski definition) is 2. The Labute approximate surface area is 129 Å². The molecule has 110 valence electrons. The van der Waals surface area contributed by atoms with Crippen LogP contribution in [0.2, 0.25) is 5.02 Å². The molecule has 2 aromatic carbocycles. The van der Waals surface area contributed by atoms with Crippen molar-refractivity contribution in [1.82, 2.24) is 5.32 Å². The van der Waals surface area contributed by atoms with Gasteiger partial charge in [0, 0.05) is 6.54 Å². The van der Waals surface area contributed by atoms with Crippen molar-refractivity contribution in [3.05, 3.63) is 69.7 Å². The Hall–Kier alpha value is -1.84. The summed E-state index contributed by atoms with van der Waals surface area (Å²) in [5.41, 5.74) is 3.08. The van der Waals surface area contributed by atoms with Crippen molar-refractivity contribution < 1.29 is 9.90 Å². The predicted molar refractivity (Wildman–Crippen MR) is 84.7 cm³/mol. The van der Waals surface area contributed by atoms with E-state index in [-0.39, 0.29) is 12.5 Å². The third-order valence-corrected chi connectivity index (χ3v) is 3.94.